The molecule has 0 unspecified atom stereocenters. The average Bonchev–Trinajstić information content (AvgIpc) is 3.27. The molecule has 8 heteroatoms. The van der Waals surface area contributed by atoms with E-state index in [9.17, 15) is 4.79 Å². The summed E-state index contributed by atoms with van der Waals surface area (Å²) in [6.07, 6.45) is 5.00. The van der Waals surface area contributed by atoms with Gasteiger partial charge in [0.05, 0.1) is 18.8 Å². The Morgan fingerprint density at radius 1 is 1.13 bits per heavy atom. The van der Waals surface area contributed by atoms with Gasteiger partial charge in [-0.1, -0.05) is 47.5 Å². The summed E-state index contributed by atoms with van der Waals surface area (Å²) in [4.78, 5) is 12.3. The Kier molecular flexibility index (Phi) is 5.63. The quantitative estimate of drug-likeness (QED) is 0.484. The topological polar surface area (TPSA) is 77.1 Å². The lowest BCUT2D eigenvalue weighted by Gasteiger charge is -2.04. The third kappa shape index (κ3) is 4.26. The molecule has 4 rings (SSSR count). The van der Waals surface area contributed by atoms with Crippen molar-refractivity contribution in [2.75, 3.05) is 0 Å². The van der Waals surface area contributed by atoms with Crippen molar-refractivity contribution in [3.63, 3.8) is 0 Å². The van der Waals surface area contributed by atoms with Crippen molar-refractivity contribution in [2.45, 2.75) is 26.9 Å². The number of halogens is 1. The van der Waals surface area contributed by atoms with Crippen molar-refractivity contribution in [3.05, 3.63) is 88.1 Å². The molecule has 1 aromatic carbocycles. The summed E-state index contributed by atoms with van der Waals surface area (Å²) in [5.74, 6) is 0.414. The number of carbonyl (C=O) groups excluding carboxylic acids is 1. The number of pyridine rings is 1. The molecule has 3 aromatic heterocycles. The van der Waals surface area contributed by atoms with E-state index in [1.165, 1.54) is 11.6 Å². The van der Waals surface area contributed by atoms with Gasteiger partial charge in [0.15, 0.2) is 11.5 Å². The zero-order chi connectivity index (χ0) is 21.1. The second-order valence-electron chi connectivity index (χ2n) is 7.03. The Balaban J connectivity index is 1.42. The van der Waals surface area contributed by atoms with E-state index in [2.05, 4.69) is 44.9 Å². The summed E-state index contributed by atoms with van der Waals surface area (Å²) in [6.45, 7) is 4.76. The van der Waals surface area contributed by atoms with Crippen LogP contribution in [-0.4, -0.2) is 30.3 Å². The molecule has 0 atom stereocenters. The van der Waals surface area contributed by atoms with E-state index >= 15 is 0 Å². The minimum atomic E-state index is -0.246. The fourth-order valence-electron chi connectivity index (χ4n) is 3.12. The van der Waals surface area contributed by atoms with E-state index in [0.29, 0.717) is 17.5 Å². The molecule has 152 valence electrons. The average molecular weight is 421 g/mol. The first-order valence-electron chi connectivity index (χ1n) is 9.54. The molecule has 7 nitrogen and oxygen atoms in total. The molecule has 0 bridgehead atoms. The van der Waals surface area contributed by atoms with Crippen LogP contribution in [0.1, 0.15) is 28.2 Å². The maximum Gasteiger partial charge on any atom is 0.244 e. The second kappa shape index (κ2) is 8.51. The van der Waals surface area contributed by atoms with Crippen molar-refractivity contribution in [1.29, 1.82) is 0 Å². The molecule has 1 N–H and O–H groups in total. The van der Waals surface area contributed by atoms with Crippen LogP contribution in [0.4, 0.5) is 0 Å². The fourth-order valence-corrected chi connectivity index (χ4v) is 3.42. The number of nitrogens with one attached hydrogen (secondary N) is 1. The highest BCUT2D eigenvalue weighted by Gasteiger charge is 2.12. The molecule has 0 saturated heterocycles. The predicted octanol–water partition coefficient (Wildman–Crippen LogP) is 3.57. The fraction of sp³-hybridized carbons (Fsp3) is 0.182. The molecule has 30 heavy (non-hydrogen) atoms. The van der Waals surface area contributed by atoms with E-state index < -0.39 is 0 Å². The van der Waals surface area contributed by atoms with Gasteiger partial charge in [-0.2, -0.15) is 5.10 Å². The molecular weight excluding hydrogens is 400 g/mol. The van der Waals surface area contributed by atoms with E-state index in [1.54, 1.807) is 10.8 Å². The Bertz CT molecular complexity index is 1220. The maximum atomic E-state index is 12.3. The SMILES string of the molecule is Cc1ccc(Cn2nc(C)c(/C=C/C(=O)NCc3nnc4ccccn34)c2Cl)cc1. The van der Waals surface area contributed by atoms with Gasteiger partial charge < -0.3 is 5.32 Å². The first-order chi connectivity index (χ1) is 14.5. The van der Waals surface area contributed by atoms with Gasteiger partial charge in [0.1, 0.15) is 5.15 Å². The third-order valence-electron chi connectivity index (χ3n) is 4.77. The molecule has 3 heterocycles. The molecule has 0 aliphatic heterocycles. The van der Waals surface area contributed by atoms with Crippen LogP contribution in [0.15, 0.2) is 54.7 Å². The number of fused-ring (bicyclic) bond motifs is 1. The van der Waals surface area contributed by atoms with Gasteiger partial charge in [0.25, 0.3) is 0 Å². The lowest BCUT2D eigenvalue weighted by atomic mass is 10.1. The number of nitrogens with zero attached hydrogens (tertiary/aromatic N) is 5. The van der Waals surface area contributed by atoms with E-state index in [4.69, 9.17) is 11.6 Å². The number of amides is 1. The Hall–Kier alpha value is -3.45. The summed E-state index contributed by atoms with van der Waals surface area (Å²) >= 11 is 6.51. The van der Waals surface area contributed by atoms with Gasteiger partial charge in [-0.05, 0) is 37.6 Å². The summed E-state index contributed by atoms with van der Waals surface area (Å²) in [5.41, 5.74) is 4.54. The van der Waals surface area contributed by atoms with Crippen LogP contribution in [0.3, 0.4) is 0 Å². The van der Waals surface area contributed by atoms with Crippen LogP contribution in [0.5, 0.6) is 0 Å². The Morgan fingerprint density at radius 3 is 2.73 bits per heavy atom. The summed E-state index contributed by atoms with van der Waals surface area (Å²) in [7, 11) is 0. The number of hydrogen-bond donors (Lipinski definition) is 1. The number of aromatic nitrogens is 5. The van der Waals surface area contributed by atoms with Crippen molar-refractivity contribution < 1.29 is 4.79 Å². The monoisotopic (exact) mass is 420 g/mol. The number of benzene rings is 1. The van der Waals surface area contributed by atoms with Crippen molar-refractivity contribution in [1.82, 2.24) is 29.7 Å². The maximum absolute atomic E-state index is 12.3. The van der Waals surface area contributed by atoms with Crippen molar-refractivity contribution in [3.8, 4) is 0 Å². The molecule has 0 radical (unpaired) electrons. The van der Waals surface area contributed by atoms with Crippen LogP contribution in [0.2, 0.25) is 5.15 Å². The van der Waals surface area contributed by atoms with Gasteiger partial charge in [-0.25, -0.2) is 4.68 Å². The van der Waals surface area contributed by atoms with E-state index in [1.807, 2.05) is 42.6 Å². The van der Waals surface area contributed by atoms with Gasteiger partial charge in [-0.3, -0.25) is 9.20 Å². The molecule has 0 aliphatic rings. The molecule has 1 amide bonds. The van der Waals surface area contributed by atoms with Crippen molar-refractivity contribution >= 4 is 29.2 Å². The number of rotatable bonds is 6. The molecule has 0 fully saturated rings. The molecule has 4 aromatic rings. The van der Waals surface area contributed by atoms with Gasteiger partial charge in [0, 0.05) is 17.8 Å². The third-order valence-corrected chi connectivity index (χ3v) is 5.17. The zero-order valence-corrected chi connectivity index (χ0v) is 17.5. The molecule has 0 saturated carbocycles. The van der Waals surface area contributed by atoms with Crippen LogP contribution in [-0.2, 0) is 17.9 Å². The highest BCUT2D eigenvalue weighted by Crippen LogP contribution is 2.22. The predicted molar refractivity (Wildman–Crippen MR) is 116 cm³/mol. The van der Waals surface area contributed by atoms with E-state index in [0.717, 1.165) is 22.5 Å². The normalized spacial score (nSPS) is 11.4. The molecule has 0 spiro atoms. The van der Waals surface area contributed by atoms with Crippen LogP contribution in [0.25, 0.3) is 11.7 Å². The van der Waals surface area contributed by atoms with Gasteiger partial charge >= 0.3 is 0 Å². The standard InChI is InChI=1S/C22H21ClN6O/c1-15-6-8-17(9-7-15)14-29-22(23)18(16(2)27-29)10-11-21(30)24-13-20-26-25-19-5-3-4-12-28(19)20/h3-12H,13-14H2,1-2H3,(H,24,30)/b11-10+. The highest BCUT2D eigenvalue weighted by molar-refractivity contribution is 6.31. The van der Waals surface area contributed by atoms with Gasteiger partial charge in [-0.15, -0.1) is 10.2 Å². The first kappa shape index (κ1) is 19.8. The Morgan fingerprint density at radius 2 is 1.93 bits per heavy atom. The lowest BCUT2D eigenvalue weighted by Crippen LogP contribution is -2.21. The zero-order valence-electron chi connectivity index (χ0n) is 16.7. The smallest absolute Gasteiger partial charge is 0.244 e. The minimum absolute atomic E-state index is 0.246. The van der Waals surface area contributed by atoms with Crippen LogP contribution >= 0.6 is 11.6 Å². The van der Waals surface area contributed by atoms with E-state index in [-0.39, 0.29) is 12.5 Å². The largest absolute Gasteiger partial charge is 0.345 e. The summed E-state index contributed by atoms with van der Waals surface area (Å²) in [5, 5.41) is 16.0. The first-order valence-corrected chi connectivity index (χ1v) is 9.92. The highest BCUT2D eigenvalue weighted by atomic mass is 35.5. The lowest BCUT2D eigenvalue weighted by molar-refractivity contribution is -0.116. The summed E-state index contributed by atoms with van der Waals surface area (Å²) in [6, 6.07) is 13.9. The molecular formula is C22H21ClN6O. The summed E-state index contributed by atoms with van der Waals surface area (Å²) < 4.78 is 3.57. The minimum Gasteiger partial charge on any atom is -0.345 e. The molecule has 0 aliphatic carbocycles. The number of aryl methyl sites for hydroxylation is 2. The van der Waals surface area contributed by atoms with Gasteiger partial charge in [0.2, 0.25) is 5.91 Å². The number of carbonyl (C=O) groups is 1. The van der Waals surface area contributed by atoms with Crippen LogP contribution < -0.4 is 5.32 Å². The van der Waals surface area contributed by atoms with Crippen molar-refractivity contribution in [2.24, 2.45) is 0 Å². The second-order valence-corrected chi connectivity index (χ2v) is 7.39. The number of hydrogen-bond acceptors (Lipinski definition) is 4. The van der Waals surface area contributed by atoms with Crippen LogP contribution in [0, 0.1) is 13.8 Å². The Labute approximate surface area is 179 Å².